The summed E-state index contributed by atoms with van der Waals surface area (Å²) in [5, 5.41) is 44.3. The predicted octanol–water partition coefficient (Wildman–Crippen LogP) is -0.188. The number of nitro groups is 1. The number of hydrogen-bond acceptors (Lipinski definition) is 22. The number of methoxy groups -OCH3 is 2. The number of nitrogens with two attached hydrogens (primary N) is 2. The summed E-state index contributed by atoms with van der Waals surface area (Å²) in [4.78, 5) is 66.3. The van der Waals surface area contributed by atoms with Gasteiger partial charge in [-0.05, 0) is 19.1 Å². The number of carbonyl (C=O) groups excluding carboxylic acids is 1. The van der Waals surface area contributed by atoms with Crippen molar-refractivity contribution in [2.24, 2.45) is 5.73 Å². The third-order valence-electron chi connectivity index (χ3n) is 9.44. The highest BCUT2D eigenvalue weighted by Crippen LogP contribution is 2.61. The number of rotatable bonds is 19. The van der Waals surface area contributed by atoms with Crippen LogP contribution in [-0.2, 0) is 45.6 Å². The van der Waals surface area contributed by atoms with Gasteiger partial charge in [0.2, 0.25) is 0 Å². The van der Waals surface area contributed by atoms with Crippen molar-refractivity contribution in [2.75, 3.05) is 33.2 Å². The van der Waals surface area contributed by atoms with Crippen LogP contribution >= 0.6 is 23.5 Å². The van der Waals surface area contributed by atoms with E-state index in [2.05, 4.69) is 19.3 Å². The predicted molar refractivity (Wildman–Crippen MR) is 204 cm³/mol. The lowest BCUT2D eigenvalue weighted by Gasteiger charge is -2.25. The van der Waals surface area contributed by atoms with Crippen molar-refractivity contribution in [1.82, 2.24) is 19.5 Å². The summed E-state index contributed by atoms with van der Waals surface area (Å²) in [7, 11) is -14.2. The topological polar surface area (TPSA) is 415 Å². The molecule has 4 aromatic rings. The number of phosphoric acid groups is 3. The molecule has 2 aliphatic rings. The molecule has 4 unspecified atom stereocenters. The van der Waals surface area contributed by atoms with Gasteiger partial charge < -0.3 is 60.4 Å². The number of fused-ring (bicyclic) bond motifs is 1. The van der Waals surface area contributed by atoms with Crippen LogP contribution in [0.25, 0.3) is 11.2 Å². The number of aromatic nitrogens is 5. The van der Waals surface area contributed by atoms with Gasteiger partial charge in [-0.25, -0.2) is 28.6 Å². The van der Waals surface area contributed by atoms with Crippen molar-refractivity contribution in [1.29, 1.82) is 0 Å². The Morgan fingerprint density at radius 1 is 0.968 bits per heavy atom. The maximum absolute atomic E-state index is 13.6. The Kier molecular flexibility index (Phi) is 14.3. The molecule has 0 saturated carbocycles. The average molecular weight is 954 g/mol. The summed E-state index contributed by atoms with van der Waals surface area (Å²) in [6, 6.07) is 4.91. The SMILES string of the molecule is COc1cc(C(C)OP(=O)(O)O[C@@H]2[C@H](O)[C@@H](COP(=O)(O)OP(=O)(O)OC[C@H]3O[C@@H]([n+]4cccc(C(N)=O)c4)[C@H](O)[C@@H]3O)O[C@H]2n2cnc3c(N)ncnc32)c([N+](=O)[O-])cc1OC. The second-order valence-corrected chi connectivity index (χ2v) is 17.9. The maximum atomic E-state index is 13.6. The van der Waals surface area contributed by atoms with Gasteiger partial charge in [-0.2, -0.15) is 8.88 Å². The largest absolute Gasteiger partial charge is 0.493 e. The van der Waals surface area contributed by atoms with Crippen LogP contribution in [0.2, 0.25) is 0 Å². The summed E-state index contributed by atoms with van der Waals surface area (Å²) < 4.78 is 87.8. The number of aliphatic hydroxyl groups is 3. The summed E-state index contributed by atoms with van der Waals surface area (Å²) in [5.74, 6) is -0.943. The lowest BCUT2D eigenvalue weighted by Crippen LogP contribution is -2.46. The molecule has 344 valence electrons. The molecule has 12 atom stereocenters. The van der Waals surface area contributed by atoms with Gasteiger partial charge in [0.15, 0.2) is 47.7 Å². The number of carbonyl (C=O) groups is 1. The number of amides is 1. The van der Waals surface area contributed by atoms with Gasteiger partial charge in [0.1, 0.15) is 47.9 Å². The third-order valence-corrected chi connectivity index (χ3v) is 13.1. The fourth-order valence-corrected chi connectivity index (χ4v) is 9.67. The van der Waals surface area contributed by atoms with E-state index in [1.807, 2.05) is 0 Å². The molecule has 1 aromatic carbocycles. The molecule has 0 aliphatic carbocycles. The van der Waals surface area contributed by atoms with E-state index < -0.39 is 108 Å². The lowest BCUT2D eigenvalue weighted by atomic mass is 10.1. The molecule has 2 fully saturated rings. The number of imidazole rings is 1. The van der Waals surface area contributed by atoms with Crippen molar-refractivity contribution in [3.05, 3.63) is 70.6 Å². The van der Waals surface area contributed by atoms with Crippen LogP contribution in [0.1, 0.15) is 41.4 Å². The first kappa shape index (κ1) is 47.8. The number of anilines is 1. The highest BCUT2D eigenvalue weighted by Gasteiger charge is 2.52. The number of benzene rings is 1. The van der Waals surface area contributed by atoms with Gasteiger partial charge in [-0.1, -0.05) is 0 Å². The number of nitro benzene ring substituents is 1. The van der Waals surface area contributed by atoms with Crippen LogP contribution in [-0.4, -0.2) is 124 Å². The van der Waals surface area contributed by atoms with Gasteiger partial charge in [-0.15, -0.1) is 0 Å². The van der Waals surface area contributed by atoms with Crippen molar-refractivity contribution in [2.45, 2.75) is 62.1 Å². The first-order chi connectivity index (χ1) is 29.5. The normalized spacial score (nSPS) is 27.0. The van der Waals surface area contributed by atoms with E-state index in [1.165, 1.54) is 50.2 Å². The van der Waals surface area contributed by atoms with Gasteiger partial charge >= 0.3 is 23.5 Å². The number of nitrogen functional groups attached to an aromatic ring is 1. The summed E-state index contributed by atoms with van der Waals surface area (Å²) in [6.45, 7) is -0.978. The van der Waals surface area contributed by atoms with Gasteiger partial charge in [-0.3, -0.25) is 37.6 Å². The zero-order valence-electron chi connectivity index (χ0n) is 32.7. The molecule has 2 aliphatic heterocycles. The number of pyridine rings is 1. The van der Waals surface area contributed by atoms with Crippen LogP contribution in [0, 0.1) is 10.1 Å². The van der Waals surface area contributed by atoms with Crippen LogP contribution < -0.4 is 25.5 Å². The lowest BCUT2D eigenvalue weighted by molar-refractivity contribution is -0.765. The highest BCUT2D eigenvalue weighted by atomic mass is 31.3. The summed E-state index contributed by atoms with van der Waals surface area (Å²) >= 11 is 0. The maximum Gasteiger partial charge on any atom is 0.481 e. The Hall–Kier alpha value is -4.64. The smallest absolute Gasteiger partial charge is 0.481 e. The molecule has 1 amide bonds. The molecule has 0 bridgehead atoms. The van der Waals surface area contributed by atoms with E-state index >= 15 is 0 Å². The number of primary amides is 1. The third kappa shape index (κ3) is 10.7. The Morgan fingerprint density at radius 2 is 1.60 bits per heavy atom. The van der Waals surface area contributed by atoms with E-state index in [-0.39, 0.29) is 39.6 Å². The number of aliphatic hydroxyl groups excluding tert-OH is 3. The van der Waals surface area contributed by atoms with E-state index in [4.69, 9.17) is 48.5 Å². The van der Waals surface area contributed by atoms with Crippen molar-refractivity contribution >= 4 is 52.0 Å². The fourth-order valence-electron chi connectivity index (χ4n) is 6.48. The quantitative estimate of drug-likeness (QED) is 0.0261. The van der Waals surface area contributed by atoms with Gasteiger partial charge in [0.05, 0.1) is 56.4 Å². The van der Waals surface area contributed by atoms with E-state index in [9.17, 15) is 58.6 Å². The minimum atomic E-state index is -5.65. The summed E-state index contributed by atoms with van der Waals surface area (Å²) in [6.07, 6.45) is -10.7. The Labute approximate surface area is 353 Å². The van der Waals surface area contributed by atoms with Crippen LogP contribution in [0.15, 0.2) is 49.3 Å². The molecule has 63 heavy (non-hydrogen) atoms. The van der Waals surface area contributed by atoms with Gasteiger partial charge in [0, 0.05) is 6.07 Å². The standard InChI is InChI=1S/C31H39N8O21P3/c1-14(16-7-18(52-2)19(53-3)8-17(16)39(44)45)58-63(50,51)59-26-24(41)21(57-31(26)38-13-36-22-27(32)34-12-35-29(22)38)11-55-62(48,49)60-61(46,47)54-10-20-23(40)25(42)30(56-20)37-6-4-5-15(9-37)28(33)43/h4-9,12-14,20-21,23-26,30-31,40-42H,10-11H2,1-3H3,(H6-,32,33,34,35,43,46,47,48,49,50,51)/p+1/t14?,20-,21-,23-,24-,25-,26-,30-,31-/m1/s1. The van der Waals surface area contributed by atoms with Gasteiger partial charge in [0.25, 0.3) is 17.8 Å². The molecule has 2 saturated heterocycles. The molecule has 5 heterocycles. The monoisotopic (exact) mass is 953 g/mol. The first-order valence-electron chi connectivity index (χ1n) is 17.9. The first-order valence-corrected chi connectivity index (χ1v) is 22.4. The van der Waals surface area contributed by atoms with Crippen molar-refractivity contribution in [3.63, 3.8) is 0 Å². The molecule has 6 rings (SSSR count). The minimum absolute atomic E-state index is 0.00679. The number of ether oxygens (including phenoxy) is 4. The zero-order valence-corrected chi connectivity index (χ0v) is 35.4. The Balaban J connectivity index is 1.15. The fraction of sp³-hybridized carbons (Fsp3) is 0.452. The number of nitrogens with zero attached hydrogens (tertiary/aromatic N) is 6. The molecule has 3 aromatic heterocycles. The minimum Gasteiger partial charge on any atom is -0.493 e. The van der Waals surface area contributed by atoms with Crippen LogP contribution in [0.5, 0.6) is 11.5 Å². The molecular weight excluding hydrogens is 913 g/mol. The van der Waals surface area contributed by atoms with Crippen LogP contribution in [0.3, 0.4) is 0 Å². The van der Waals surface area contributed by atoms with E-state index in [1.54, 1.807) is 0 Å². The number of hydrogen-bond donors (Lipinski definition) is 8. The zero-order chi connectivity index (χ0) is 46.2. The molecular formula is C31H40N8O21P3+. The second kappa shape index (κ2) is 18.8. The Bertz CT molecular complexity index is 2500. The van der Waals surface area contributed by atoms with Crippen LogP contribution in [0.4, 0.5) is 11.5 Å². The van der Waals surface area contributed by atoms with E-state index in [0.29, 0.717) is 0 Å². The second-order valence-electron chi connectivity index (χ2n) is 13.5. The Morgan fingerprint density at radius 3 is 2.22 bits per heavy atom. The molecule has 0 spiro atoms. The average Bonchev–Trinajstić information content (AvgIpc) is 3.87. The molecule has 10 N–H and O–H groups in total. The number of phosphoric ester groups is 3. The summed E-state index contributed by atoms with van der Waals surface area (Å²) in [5.41, 5.74) is 10.3. The molecule has 32 heteroatoms. The van der Waals surface area contributed by atoms with Crippen molar-refractivity contribution < 1.29 is 99.3 Å². The molecule has 29 nitrogen and oxygen atoms in total. The van der Waals surface area contributed by atoms with Crippen molar-refractivity contribution in [3.8, 4) is 11.5 Å². The van der Waals surface area contributed by atoms with E-state index in [0.717, 1.165) is 29.4 Å². The highest BCUT2D eigenvalue weighted by molar-refractivity contribution is 7.61. The molecule has 0 radical (unpaired) electrons.